The summed E-state index contributed by atoms with van der Waals surface area (Å²) >= 11 is 0. The van der Waals surface area contributed by atoms with E-state index >= 15 is 0 Å². The van der Waals surface area contributed by atoms with Crippen molar-refractivity contribution >= 4 is 16.9 Å². The van der Waals surface area contributed by atoms with E-state index in [0.29, 0.717) is 0 Å². The first-order valence-electron chi connectivity index (χ1n) is 22.0. The molecule has 2 unspecified atom stereocenters. The van der Waals surface area contributed by atoms with Gasteiger partial charge in [-0.05, 0) is 129 Å². The van der Waals surface area contributed by atoms with E-state index in [1.165, 1.54) is 66.8 Å². The molecule has 0 fully saturated rings. The lowest BCUT2D eigenvalue weighted by Crippen LogP contribution is -2.15. The summed E-state index contributed by atoms with van der Waals surface area (Å²) in [6, 6.07) is 58.2. The molecule has 2 heteroatoms. The first-order chi connectivity index (χ1) is 30.4. The Balaban J connectivity index is 0.901. The summed E-state index contributed by atoms with van der Waals surface area (Å²) in [5, 5.41) is 0. The van der Waals surface area contributed by atoms with Crippen LogP contribution in [0.4, 0.5) is 11.4 Å². The van der Waals surface area contributed by atoms with Crippen LogP contribution in [0.25, 0.3) is 39.0 Å². The van der Waals surface area contributed by atoms with E-state index in [2.05, 4.69) is 232 Å². The molecule has 0 radical (unpaired) electrons. The van der Waals surface area contributed by atoms with E-state index in [4.69, 9.17) is 4.74 Å². The van der Waals surface area contributed by atoms with E-state index < -0.39 is 0 Å². The van der Waals surface area contributed by atoms with E-state index in [9.17, 15) is 0 Å². The standard InChI is InChI=1S/C60H49NO/c1-40-15-7-8-20-49(40)55-39-44(28-29-45(55)37-41-27-36-52-51-21-9-11-25-56(51)60(2,3)57(52)38-41)42-16-13-19-47(33-30-42)61(46-17-5-4-6-18-46)48-34-31-43(32-35-48)50-23-14-24-54-53-22-10-12-26-58(53)62-59(50)54/h4-12,14-36,38-39,53,58H,13,37H2,1-3H3. The predicted molar refractivity (Wildman–Crippen MR) is 259 cm³/mol. The van der Waals surface area contributed by atoms with Gasteiger partial charge in [0.15, 0.2) is 0 Å². The number of fused-ring (bicyclic) bond motifs is 6. The van der Waals surface area contributed by atoms with Crippen molar-refractivity contribution in [1.82, 2.24) is 0 Å². The van der Waals surface area contributed by atoms with Crippen molar-refractivity contribution in [2.45, 2.75) is 51.0 Å². The molecule has 2 atom stereocenters. The normalized spacial score (nSPS) is 17.5. The van der Waals surface area contributed by atoms with Crippen molar-refractivity contribution in [3.63, 3.8) is 0 Å². The molecule has 7 aromatic rings. The first kappa shape index (κ1) is 37.8. The zero-order valence-corrected chi connectivity index (χ0v) is 35.6. The number of hydrogen-bond donors (Lipinski definition) is 0. The minimum absolute atomic E-state index is 0.0256. The van der Waals surface area contributed by atoms with Crippen molar-refractivity contribution in [1.29, 1.82) is 0 Å². The maximum atomic E-state index is 6.53. The van der Waals surface area contributed by atoms with Crippen LogP contribution in [0.5, 0.6) is 5.75 Å². The van der Waals surface area contributed by atoms with E-state index in [0.717, 1.165) is 46.8 Å². The maximum absolute atomic E-state index is 6.53. The van der Waals surface area contributed by atoms with Gasteiger partial charge in [0, 0.05) is 39.5 Å². The summed E-state index contributed by atoms with van der Waals surface area (Å²) in [4.78, 5) is 2.37. The maximum Gasteiger partial charge on any atom is 0.132 e. The van der Waals surface area contributed by atoms with Crippen molar-refractivity contribution in [2.75, 3.05) is 4.90 Å². The summed E-state index contributed by atoms with van der Waals surface area (Å²) in [5.74, 6) is 1.26. The quantitative estimate of drug-likeness (QED) is 0.152. The van der Waals surface area contributed by atoms with Crippen LogP contribution in [0.2, 0.25) is 0 Å². The van der Waals surface area contributed by atoms with Crippen molar-refractivity contribution in [3.8, 4) is 39.1 Å². The van der Waals surface area contributed by atoms with Gasteiger partial charge in [-0.2, -0.15) is 0 Å². The molecule has 0 amide bonds. The van der Waals surface area contributed by atoms with E-state index in [1.54, 1.807) is 0 Å². The van der Waals surface area contributed by atoms with Crippen molar-refractivity contribution in [3.05, 3.63) is 251 Å². The first-order valence-corrected chi connectivity index (χ1v) is 22.0. The largest absolute Gasteiger partial charge is 0.484 e. The summed E-state index contributed by atoms with van der Waals surface area (Å²) < 4.78 is 6.53. The van der Waals surface area contributed by atoms with Gasteiger partial charge in [0.2, 0.25) is 0 Å². The predicted octanol–water partition coefficient (Wildman–Crippen LogP) is 15.3. The van der Waals surface area contributed by atoms with Crippen LogP contribution in [0, 0.1) is 6.92 Å². The van der Waals surface area contributed by atoms with Gasteiger partial charge in [0.05, 0.1) is 0 Å². The summed E-state index contributed by atoms with van der Waals surface area (Å²) in [6.07, 6.45) is 19.7. The Labute approximate surface area is 366 Å². The molecule has 1 heterocycles. The second kappa shape index (κ2) is 15.4. The molecule has 0 N–H and O–H groups in total. The molecule has 62 heavy (non-hydrogen) atoms. The van der Waals surface area contributed by atoms with Crippen LogP contribution in [0.15, 0.2) is 212 Å². The van der Waals surface area contributed by atoms with Gasteiger partial charge < -0.3 is 9.64 Å². The molecule has 0 aromatic heterocycles. The SMILES string of the molecule is Cc1ccccc1-c1cc(C2=CCC=C(N(c3ccccc3)c3ccc(-c4cccc5c4OC4C=CC=CC54)cc3)C=C2)ccc1Cc1ccc2c(c1)C(C)(C)c1ccccc1-2. The minimum atomic E-state index is -0.0256. The Morgan fingerprint density at radius 3 is 2.16 bits per heavy atom. The number of rotatable bonds is 8. The highest BCUT2D eigenvalue weighted by atomic mass is 16.5. The van der Waals surface area contributed by atoms with Crippen molar-refractivity contribution < 1.29 is 4.74 Å². The number of aryl methyl sites for hydroxylation is 1. The number of benzene rings is 7. The minimum Gasteiger partial charge on any atom is -0.484 e. The van der Waals surface area contributed by atoms with Gasteiger partial charge >= 0.3 is 0 Å². The zero-order chi connectivity index (χ0) is 41.8. The molecule has 300 valence electrons. The van der Waals surface area contributed by atoms with Gasteiger partial charge in [-0.15, -0.1) is 0 Å². The Bertz CT molecular complexity index is 3030. The molecule has 0 bridgehead atoms. The fourth-order valence-corrected chi connectivity index (χ4v) is 10.2. The third-order valence-electron chi connectivity index (χ3n) is 13.5. The van der Waals surface area contributed by atoms with Crippen LogP contribution < -0.4 is 9.64 Å². The molecule has 0 saturated heterocycles. The smallest absolute Gasteiger partial charge is 0.132 e. The van der Waals surface area contributed by atoms with Crippen molar-refractivity contribution in [2.24, 2.45) is 0 Å². The van der Waals surface area contributed by atoms with Crippen LogP contribution in [-0.4, -0.2) is 6.10 Å². The van der Waals surface area contributed by atoms with Crippen LogP contribution in [-0.2, 0) is 11.8 Å². The highest BCUT2D eigenvalue weighted by Crippen LogP contribution is 2.50. The van der Waals surface area contributed by atoms with E-state index in [-0.39, 0.29) is 17.4 Å². The molecule has 1 aliphatic heterocycles. The number of ether oxygens (including phenoxy) is 1. The fraction of sp³-hybridized carbons (Fsp3) is 0.133. The Hall–Kier alpha value is -7.16. The molecule has 7 aromatic carbocycles. The van der Waals surface area contributed by atoms with Gasteiger partial charge in [0.25, 0.3) is 0 Å². The fourth-order valence-electron chi connectivity index (χ4n) is 10.2. The van der Waals surface area contributed by atoms with Gasteiger partial charge in [-0.25, -0.2) is 0 Å². The lowest BCUT2D eigenvalue weighted by Gasteiger charge is -2.26. The molecular weight excluding hydrogens is 751 g/mol. The average Bonchev–Trinajstić information content (AvgIpc) is 3.67. The number of para-hydroxylation sites is 2. The number of nitrogens with zero attached hydrogens (tertiary/aromatic N) is 1. The Morgan fingerprint density at radius 1 is 0.581 bits per heavy atom. The molecule has 0 saturated carbocycles. The lowest BCUT2D eigenvalue weighted by atomic mass is 9.81. The topological polar surface area (TPSA) is 12.5 Å². The van der Waals surface area contributed by atoms with Gasteiger partial charge in [-0.3, -0.25) is 0 Å². The molecular formula is C60H49NO. The third kappa shape index (κ3) is 6.59. The highest BCUT2D eigenvalue weighted by molar-refractivity contribution is 5.84. The average molecular weight is 800 g/mol. The van der Waals surface area contributed by atoms with Gasteiger partial charge in [-0.1, -0.05) is 178 Å². The second-order valence-corrected chi connectivity index (χ2v) is 17.6. The molecule has 3 aliphatic carbocycles. The summed E-state index contributed by atoms with van der Waals surface area (Å²) in [7, 11) is 0. The highest BCUT2D eigenvalue weighted by Gasteiger charge is 2.36. The van der Waals surface area contributed by atoms with Crippen LogP contribution >= 0.6 is 0 Å². The van der Waals surface area contributed by atoms with Gasteiger partial charge in [0.1, 0.15) is 11.9 Å². The summed E-state index contributed by atoms with van der Waals surface area (Å²) in [6.45, 7) is 6.96. The Morgan fingerprint density at radius 2 is 1.31 bits per heavy atom. The monoisotopic (exact) mass is 799 g/mol. The second-order valence-electron chi connectivity index (χ2n) is 17.6. The molecule has 2 nitrogen and oxygen atoms in total. The summed E-state index contributed by atoms with van der Waals surface area (Å²) in [5.41, 5.74) is 21.5. The molecule has 4 aliphatic rings. The zero-order valence-electron chi connectivity index (χ0n) is 35.6. The Kier molecular flexibility index (Phi) is 9.38. The van der Waals surface area contributed by atoms with E-state index in [1.807, 2.05) is 0 Å². The van der Waals surface area contributed by atoms with Crippen LogP contribution in [0.1, 0.15) is 65.1 Å². The number of allylic oxidation sites excluding steroid dienone is 7. The lowest BCUT2D eigenvalue weighted by molar-refractivity contribution is 0.270. The molecule has 0 spiro atoms. The third-order valence-corrected chi connectivity index (χ3v) is 13.5. The number of anilines is 2. The number of hydrogen-bond acceptors (Lipinski definition) is 2. The van der Waals surface area contributed by atoms with Crippen LogP contribution in [0.3, 0.4) is 0 Å². The molecule has 11 rings (SSSR count).